The first-order valence-corrected chi connectivity index (χ1v) is 18.9. The van der Waals surface area contributed by atoms with Crippen LogP contribution in [0.5, 0.6) is 0 Å². The van der Waals surface area contributed by atoms with Crippen LogP contribution in [0.15, 0.2) is 0 Å². The summed E-state index contributed by atoms with van der Waals surface area (Å²) in [4.78, 5) is 11.2. The van der Waals surface area contributed by atoms with Crippen LogP contribution in [0.4, 0.5) is 0 Å². The first-order chi connectivity index (χ1) is 21.0. The Kier molecular flexibility index (Phi) is 33.5. The first-order valence-electron chi connectivity index (χ1n) is 15.5. The first kappa shape index (κ1) is 42.2. The fourth-order valence-corrected chi connectivity index (χ4v) is 3.67. The van der Waals surface area contributed by atoms with E-state index in [4.69, 9.17) is 56.5 Å². The van der Waals surface area contributed by atoms with Crippen molar-refractivity contribution in [3.63, 3.8) is 0 Å². The molecule has 0 unspecified atom stereocenters. The fourth-order valence-electron chi connectivity index (χ4n) is 2.98. The van der Waals surface area contributed by atoms with Crippen molar-refractivity contribution in [2.75, 3.05) is 145 Å². The zero-order valence-corrected chi connectivity index (χ0v) is 28.3. The van der Waals surface area contributed by atoms with E-state index in [-0.39, 0.29) is 12.6 Å². The molecule has 0 aromatic heterocycles. The maximum Gasteiger partial charge on any atom is 0.305 e. The molecule has 0 aliphatic carbocycles. The van der Waals surface area contributed by atoms with Crippen molar-refractivity contribution in [1.29, 1.82) is 0 Å². The molecule has 13 nitrogen and oxygen atoms in total. The Hall–Kier alpha value is -0.753. The van der Waals surface area contributed by atoms with Gasteiger partial charge in [0.25, 0.3) is 0 Å². The van der Waals surface area contributed by atoms with Crippen molar-refractivity contribution >= 4 is 14.3 Å². The summed E-state index contributed by atoms with van der Waals surface area (Å²) in [5.74, 6) is -0.187. The van der Waals surface area contributed by atoms with E-state index >= 15 is 0 Å². The molecule has 0 aliphatic heterocycles. The summed E-state index contributed by atoms with van der Waals surface area (Å²) >= 11 is 0. The average molecular weight is 645 g/mol. The zero-order chi connectivity index (χ0) is 31.5. The van der Waals surface area contributed by atoms with Crippen molar-refractivity contribution in [2.24, 2.45) is 0 Å². The fraction of sp³-hybridized carbons (Fsp3) is 0.966. The smallest absolute Gasteiger partial charge is 0.305 e. The van der Waals surface area contributed by atoms with Crippen molar-refractivity contribution in [2.45, 2.75) is 39.4 Å². The van der Waals surface area contributed by atoms with E-state index in [1.165, 1.54) is 0 Å². The molecule has 0 bridgehead atoms. The Balaban J connectivity index is 3.07. The van der Waals surface area contributed by atoms with Gasteiger partial charge < -0.3 is 56.5 Å². The Morgan fingerprint density at radius 3 is 0.860 bits per heavy atom. The van der Waals surface area contributed by atoms with Crippen LogP contribution in [0.3, 0.4) is 0 Å². The summed E-state index contributed by atoms with van der Waals surface area (Å²) < 4.78 is 65.1. The minimum absolute atomic E-state index is 0.187. The minimum Gasteiger partial charge on any atom is -0.463 e. The molecule has 43 heavy (non-hydrogen) atoms. The van der Waals surface area contributed by atoms with E-state index in [9.17, 15) is 4.79 Å². The van der Waals surface area contributed by atoms with Gasteiger partial charge in [0.1, 0.15) is 6.61 Å². The third kappa shape index (κ3) is 39.2. The van der Waals surface area contributed by atoms with Gasteiger partial charge in [0.15, 0.2) is 8.32 Å². The molecule has 0 atom stereocenters. The maximum absolute atomic E-state index is 11.2. The van der Waals surface area contributed by atoms with E-state index in [1.54, 1.807) is 0 Å². The molecule has 258 valence electrons. The van der Waals surface area contributed by atoms with Gasteiger partial charge in [0.05, 0.1) is 139 Å². The van der Waals surface area contributed by atoms with E-state index in [0.29, 0.717) is 145 Å². The largest absolute Gasteiger partial charge is 0.463 e. The molecular formula is C29H60O13Si. The molecule has 0 aliphatic rings. The molecule has 0 aromatic rings. The molecule has 0 saturated heterocycles. The van der Waals surface area contributed by atoms with Gasteiger partial charge in [-0.3, -0.25) is 4.79 Å². The third-order valence-corrected chi connectivity index (χ3v) is 6.13. The zero-order valence-electron chi connectivity index (χ0n) is 27.3. The van der Waals surface area contributed by atoms with Crippen LogP contribution in [0, 0.1) is 0 Å². The van der Waals surface area contributed by atoms with E-state index < -0.39 is 8.32 Å². The highest BCUT2D eigenvalue weighted by Crippen LogP contribution is 2.01. The van der Waals surface area contributed by atoms with Gasteiger partial charge in [-0.25, -0.2) is 0 Å². The van der Waals surface area contributed by atoms with Gasteiger partial charge in [-0.05, 0) is 26.1 Å². The second kappa shape index (κ2) is 34.1. The van der Waals surface area contributed by atoms with Crippen molar-refractivity contribution in [3.05, 3.63) is 0 Å². The monoisotopic (exact) mass is 644 g/mol. The molecule has 0 saturated carbocycles. The number of rotatable bonds is 36. The van der Waals surface area contributed by atoms with Crippen LogP contribution in [0.2, 0.25) is 19.6 Å². The quantitative estimate of drug-likeness (QED) is 0.0563. The van der Waals surface area contributed by atoms with Gasteiger partial charge in [-0.15, -0.1) is 0 Å². The predicted molar refractivity (Wildman–Crippen MR) is 163 cm³/mol. The molecular weight excluding hydrogens is 584 g/mol. The summed E-state index contributed by atoms with van der Waals surface area (Å²) in [6.07, 6.45) is 1.23. The van der Waals surface area contributed by atoms with Gasteiger partial charge >= 0.3 is 5.97 Å². The van der Waals surface area contributed by atoms with Crippen LogP contribution < -0.4 is 0 Å². The number of carbonyl (C=O) groups is 1. The molecule has 14 heteroatoms. The number of hydrogen-bond donors (Lipinski definition) is 0. The van der Waals surface area contributed by atoms with Gasteiger partial charge in [0.2, 0.25) is 0 Å². The van der Waals surface area contributed by atoms with Crippen LogP contribution >= 0.6 is 0 Å². The Bertz CT molecular complexity index is 567. The molecule has 0 radical (unpaired) electrons. The highest BCUT2D eigenvalue weighted by molar-refractivity contribution is 6.69. The summed E-state index contributed by atoms with van der Waals surface area (Å²) in [6, 6.07) is 0. The molecule has 0 heterocycles. The van der Waals surface area contributed by atoms with Crippen molar-refractivity contribution in [3.8, 4) is 0 Å². The molecule has 0 N–H and O–H groups in total. The van der Waals surface area contributed by atoms with Crippen LogP contribution in [-0.2, 0) is 61.3 Å². The van der Waals surface area contributed by atoms with Crippen LogP contribution in [0.25, 0.3) is 0 Å². The SMILES string of the molecule is CCCC(=O)OCCOCCOCCOCCOCCOCCOCCOCCOCCOCCOCCO[Si](C)(C)C. The van der Waals surface area contributed by atoms with Gasteiger partial charge in [-0.2, -0.15) is 0 Å². The minimum atomic E-state index is -1.45. The van der Waals surface area contributed by atoms with Crippen molar-refractivity contribution < 1.29 is 61.3 Å². The van der Waals surface area contributed by atoms with E-state index in [1.807, 2.05) is 6.92 Å². The third-order valence-electron chi connectivity index (χ3n) is 5.06. The lowest BCUT2D eigenvalue weighted by Gasteiger charge is -2.16. The Labute approximate surface area is 260 Å². The summed E-state index contributed by atoms with van der Waals surface area (Å²) in [5, 5.41) is 0. The number of esters is 1. The standard InChI is InChI=1S/C29H60O13Si/c1-5-6-29(30)41-27-25-39-23-21-37-19-17-35-15-13-33-11-9-31-7-8-32-10-12-34-14-16-36-18-20-38-22-24-40-26-28-42-43(2,3)4/h5-28H2,1-4H3. The van der Waals surface area contributed by atoms with E-state index in [2.05, 4.69) is 19.6 Å². The second-order valence-electron chi connectivity index (χ2n) is 10.1. The van der Waals surface area contributed by atoms with Gasteiger partial charge in [0, 0.05) is 6.42 Å². The predicted octanol–water partition coefficient (Wildman–Crippen LogP) is 2.35. The Morgan fingerprint density at radius 2 is 0.628 bits per heavy atom. The molecule has 0 fully saturated rings. The number of hydrogen-bond acceptors (Lipinski definition) is 13. The van der Waals surface area contributed by atoms with Crippen molar-refractivity contribution in [1.82, 2.24) is 0 Å². The molecule has 0 spiro atoms. The lowest BCUT2D eigenvalue weighted by molar-refractivity contribution is -0.145. The second-order valence-corrected chi connectivity index (χ2v) is 14.6. The summed E-state index contributed by atoms with van der Waals surface area (Å²) in [7, 11) is -1.45. The van der Waals surface area contributed by atoms with Gasteiger partial charge in [-0.1, -0.05) is 6.92 Å². The average Bonchev–Trinajstić information content (AvgIpc) is 2.97. The lowest BCUT2D eigenvalue weighted by Crippen LogP contribution is -2.27. The summed E-state index contributed by atoms with van der Waals surface area (Å²) in [5.41, 5.74) is 0. The highest BCUT2D eigenvalue weighted by atomic mass is 28.4. The number of ether oxygens (including phenoxy) is 11. The number of carbonyl (C=O) groups excluding carboxylic acids is 1. The lowest BCUT2D eigenvalue weighted by atomic mass is 10.3. The van der Waals surface area contributed by atoms with Crippen LogP contribution in [0.1, 0.15) is 19.8 Å². The molecule has 0 aromatic carbocycles. The van der Waals surface area contributed by atoms with Crippen LogP contribution in [-0.4, -0.2) is 160 Å². The highest BCUT2D eigenvalue weighted by Gasteiger charge is 2.13. The molecule has 0 amide bonds. The normalized spacial score (nSPS) is 11.8. The Morgan fingerprint density at radius 1 is 0.395 bits per heavy atom. The topological polar surface area (TPSA) is 128 Å². The summed E-state index contributed by atoms with van der Waals surface area (Å²) in [6.45, 7) is 19.5. The molecule has 0 rings (SSSR count). The maximum atomic E-state index is 11.2. The van der Waals surface area contributed by atoms with E-state index in [0.717, 1.165) is 6.42 Å².